The predicted molar refractivity (Wildman–Crippen MR) is 91.0 cm³/mol. The van der Waals surface area contributed by atoms with Crippen LogP contribution in [-0.2, 0) is 9.52 Å². The van der Waals surface area contributed by atoms with Gasteiger partial charge in [0.1, 0.15) is 0 Å². The number of hydrogen-bond donors (Lipinski definition) is 0. The molecule has 2 aromatic rings. The van der Waals surface area contributed by atoms with Gasteiger partial charge in [-0.1, -0.05) is 60.7 Å². The lowest BCUT2D eigenvalue weighted by molar-refractivity contribution is 0.689. The Balaban J connectivity index is 1.97. The number of thiocarbonyl (C=S) groups is 1. The number of rotatable bonds is 2. The summed E-state index contributed by atoms with van der Waals surface area (Å²) < 4.78 is 13.6. The first kappa shape index (κ1) is 13.3. The van der Waals surface area contributed by atoms with Crippen LogP contribution in [-0.4, -0.2) is 26.2 Å². The summed E-state index contributed by atoms with van der Waals surface area (Å²) in [6, 6.07) is 19.7. The van der Waals surface area contributed by atoms with Crippen LogP contribution in [0.2, 0.25) is 0 Å². The van der Waals surface area contributed by atoms with Gasteiger partial charge < -0.3 is 4.90 Å². The van der Waals surface area contributed by atoms with Crippen LogP contribution in [0.5, 0.6) is 0 Å². The molecule has 0 aromatic heterocycles. The van der Waals surface area contributed by atoms with E-state index in [-0.39, 0.29) is 0 Å². The Morgan fingerprint density at radius 1 is 1.00 bits per heavy atom. The number of hydrogen-bond acceptors (Lipinski definition) is 2. The van der Waals surface area contributed by atoms with E-state index in [9.17, 15) is 4.21 Å². The molecular weight excluding hydrogens is 286 g/mol. The van der Waals surface area contributed by atoms with Crippen LogP contribution in [0.4, 0.5) is 5.69 Å². The highest BCUT2D eigenvalue weighted by Crippen LogP contribution is 2.22. The molecule has 2 nitrogen and oxygen atoms in total. The fourth-order valence-corrected chi connectivity index (χ4v) is 4.90. The molecule has 102 valence electrons. The minimum atomic E-state index is -2.25. The van der Waals surface area contributed by atoms with Crippen molar-refractivity contribution in [2.24, 2.45) is 0 Å². The highest BCUT2D eigenvalue weighted by atomic mass is 32.2. The lowest BCUT2D eigenvalue weighted by Crippen LogP contribution is -2.25. The van der Waals surface area contributed by atoms with Gasteiger partial charge in [0.25, 0.3) is 0 Å². The van der Waals surface area contributed by atoms with Crippen LogP contribution in [0.25, 0.3) is 0 Å². The van der Waals surface area contributed by atoms with Gasteiger partial charge in [-0.3, -0.25) is 4.21 Å². The molecule has 1 heterocycles. The maximum Gasteiger partial charge on any atom is 0.163 e. The number of nitrogens with zero attached hydrogens (tertiary/aromatic N) is 1. The molecule has 2 aromatic carbocycles. The Hall–Kier alpha value is -1.65. The third-order valence-corrected chi connectivity index (χ3v) is 6.65. The zero-order chi connectivity index (χ0) is 14.0. The number of anilines is 1. The van der Waals surface area contributed by atoms with Crippen molar-refractivity contribution in [2.45, 2.75) is 0 Å². The van der Waals surface area contributed by atoms with E-state index >= 15 is 0 Å². The van der Waals surface area contributed by atoms with Crippen LogP contribution in [0, 0.1) is 0 Å². The Kier molecular flexibility index (Phi) is 3.59. The molecule has 1 saturated heterocycles. The van der Waals surface area contributed by atoms with Crippen molar-refractivity contribution in [1.29, 1.82) is 0 Å². The molecular formula is C16H15NOS2. The molecule has 0 N–H and O–H groups in total. The van der Waals surface area contributed by atoms with E-state index in [2.05, 4.69) is 0 Å². The van der Waals surface area contributed by atoms with Gasteiger partial charge in [-0.2, -0.15) is 0 Å². The molecule has 0 saturated carbocycles. The molecule has 1 aliphatic heterocycles. The van der Waals surface area contributed by atoms with E-state index in [1.807, 2.05) is 70.9 Å². The topological polar surface area (TPSA) is 20.3 Å². The zero-order valence-electron chi connectivity index (χ0n) is 10.9. The van der Waals surface area contributed by atoms with E-state index < -0.39 is 9.52 Å². The van der Waals surface area contributed by atoms with Crippen molar-refractivity contribution in [3.8, 4) is 0 Å². The van der Waals surface area contributed by atoms with Gasteiger partial charge in [0, 0.05) is 32.9 Å². The summed E-state index contributed by atoms with van der Waals surface area (Å²) >= 11 is 5.48. The maximum atomic E-state index is 13.0. The molecule has 4 heteroatoms. The molecule has 1 aliphatic rings. The van der Waals surface area contributed by atoms with Crippen molar-refractivity contribution in [1.82, 2.24) is 0 Å². The summed E-state index contributed by atoms with van der Waals surface area (Å²) in [6.07, 6.45) is 0. The Bertz CT molecular complexity index is 732. The van der Waals surface area contributed by atoms with Gasteiger partial charge >= 0.3 is 0 Å². The van der Waals surface area contributed by atoms with Gasteiger partial charge in [0.2, 0.25) is 0 Å². The molecule has 0 radical (unpaired) electrons. The summed E-state index contributed by atoms with van der Waals surface area (Å²) in [6.45, 7) is 0.713. The summed E-state index contributed by atoms with van der Waals surface area (Å²) in [5.74, 6) is 0.593. The summed E-state index contributed by atoms with van der Waals surface area (Å²) in [5, 5.41) is 1.83. The summed E-state index contributed by atoms with van der Waals surface area (Å²) in [4.78, 5) is 1.98. The van der Waals surface area contributed by atoms with Crippen LogP contribution in [0.15, 0.2) is 60.7 Å². The summed E-state index contributed by atoms with van der Waals surface area (Å²) in [5.41, 5.74) is 1.99. The van der Waals surface area contributed by atoms with Gasteiger partial charge in [0.05, 0.1) is 0 Å². The molecule has 1 fully saturated rings. The first-order valence-corrected chi connectivity index (χ1v) is 8.67. The van der Waals surface area contributed by atoms with E-state index in [1.54, 1.807) is 0 Å². The largest absolute Gasteiger partial charge is 0.325 e. The molecule has 1 unspecified atom stereocenters. The van der Waals surface area contributed by atoms with Crippen molar-refractivity contribution < 1.29 is 4.21 Å². The standard InChI is InChI=1S/C16H15NOS2/c18-20(13-14-7-3-1-4-8-14)12-11-17(16(20)19)15-9-5-2-6-10-15/h1-10,13H,11-12H2. The van der Waals surface area contributed by atoms with Gasteiger partial charge in [-0.25, -0.2) is 0 Å². The third kappa shape index (κ3) is 2.49. The molecule has 0 aliphatic carbocycles. The van der Waals surface area contributed by atoms with Crippen LogP contribution in [0.1, 0.15) is 5.56 Å². The average molecular weight is 301 g/mol. The Labute approximate surface area is 125 Å². The fraction of sp³-hybridized carbons (Fsp3) is 0.125. The minimum Gasteiger partial charge on any atom is -0.325 e. The van der Waals surface area contributed by atoms with Crippen molar-refractivity contribution in [3.05, 3.63) is 66.2 Å². The Morgan fingerprint density at radius 3 is 2.25 bits per heavy atom. The first-order chi connectivity index (χ1) is 9.69. The first-order valence-electron chi connectivity index (χ1n) is 6.47. The third-order valence-electron chi connectivity index (χ3n) is 3.33. The summed E-state index contributed by atoms with van der Waals surface area (Å²) in [7, 11) is -2.25. The smallest absolute Gasteiger partial charge is 0.163 e. The lowest BCUT2D eigenvalue weighted by Gasteiger charge is -2.17. The van der Waals surface area contributed by atoms with Gasteiger partial charge in [0.15, 0.2) is 4.32 Å². The molecule has 3 rings (SSSR count). The molecule has 0 amide bonds. The second-order valence-corrected chi connectivity index (χ2v) is 7.84. The van der Waals surface area contributed by atoms with Gasteiger partial charge in [-0.05, 0) is 17.7 Å². The lowest BCUT2D eigenvalue weighted by atomic mass is 10.2. The fourth-order valence-electron chi connectivity index (χ4n) is 2.30. The molecule has 0 bridgehead atoms. The van der Waals surface area contributed by atoms with Crippen LogP contribution < -0.4 is 4.90 Å². The van der Waals surface area contributed by atoms with Crippen molar-refractivity contribution in [3.63, 3.8) is 0 Å². The van der Waals surface area contributed by atoms with E-state index in [4.69, 9.17) is 12.2 Å². The van der Waals surface area contributed by atoms with Crippen LogP contribution in [0.3, 0.4) is 0 Å². The second-order valence-electron chi connectivity index (χ2n) is 4.71. The van der Waals surface area contributed by atoms with Crippen molar-refractivity contribution in [2.75, 3.05) is 17.2 Å². The molecule has 1 atom stereocenters. The highest BCUT2D eigenvalue weighted by molar-refractivity contribution is 8.24. The number of benzene rings is 2. The minimum absolute atomic E-state index is 0.549. The quantitative estimate of drug-likeness (QED) is 0.796. The van der Waals surface area contributed by atoms with E-state index in [0.29, 0.717) is 16.6 Å². The maximum absolute atomic E-state index is 13.0. The average Bonchev–Trinajstić information content (AvgIpc) is 2.77. The van der Waals surface area contributed by atoms with Crippen LogP contribution >= 0.6 is 12.2 Å². The number of para-hydroxylation sites is 1. The molecule has 0 spiro atoms. The Morgan fingerprint density at radius 2 is 1.60 bits per heavy atom. The zero-order valence-corrected chi connectivity index (χ0v) is 12.6. The molecule has 20 heavy (non-hydrogen) atoms. The normalized spacial score (nSPS) is 22.0. The second kappa shape index (κ2) is 5.38. The highest BCUT2D eigenvalue weighted by Gasteiger charge is 2.29. The van der Waals surface area contributed by atoms with E-state index in [1.165, 1.54) is 0 Å². The SMILES string of the molecule is O=S1(=Cc2ccccc2)CCN(c2ccccc2)C1=S. The van der Waals surface area contributed by atoms with Crippen molar-refractivity contribution >= 4 is 37.1 Å². The predicted octanol–water partition coefficient (Wildman–Crippen LogP) is 2.93. The van der Waals surface area contributed by atoms with Gasteiger partial charge in [-0.15, -0.1) is 0 Å². The van der Waals surface area contributed by atoms with E-state index in [0.717, 1.165) is 11.3 Å². The monoisotopic (exact) mass is 301 g/mol.